The highest BCUT2D eigenvalue weighted by atomic mass is 32.2. The van der Waals surface area contributed by atoms with Crippen LogP contribution in [0.1, 0.15) is 22.3 Å². The summed E-state index contributed by atoms with van der Waals surface area (Å²) in [6, 6.07) is 17.1. The van der Waals surface area contributed by atoms with Crippen LogP contribution in [0.25, 0.3) is 6.08 Å². The number of amides is 1. The summed E-state index contributed by atoms with van der Waals surface area (Å²) in [5, 5.41) is 13.3. The lowest BCUT2D eigenvalue weighted by Crippen LogP contribution is -2.12. The van der Waals surface area contributed by atoms with Gasteiger partial charge in [0.2, 0.25) is 15.7 Å². The molecule has 154 valence electrons. The lowest BCUT2D eigenvalue weighted by Gasteiger charge is -2.15. The van der Waals surface area contributed by atoms with Crippen LogP contribution < -0.4 is 5.32 Å². The van der Waals surface area contributed by atoms with Crippen molar-refractivity contribution in [2.24, 2.45) is 0 Å². The van der Waals surface area contributed by atoms with Gasteiger partial charge in [-0.3, -0.25) is 4.79 Å². The fourth-order valence-electron chi connectivity index (χ4n) is 2.96. The summed E-state index contributed by atoms with van der Waals surface area (Å²) in [4.78, 5) is 12.2. The van der Waals surface area contributed by atoms with E-state index in [0.29, 0.717) is 16.8 Å². The van der Waals surface area contributed by atoms with E-state index < -0.39 is 15.7 Å². The Hall–Kier alpha value is -3.38. The summed E-state index contributed by atoms with van der Waals surface area (Å²) in [6.07, 6.45) is 3.05. The fraction of sp³-hybridized carbons (Fsp3) is 0.125. The van der Waals surface area contributed by atoms with Crippen LogP contribution in [-0.4, -0.2) is 19.4 Å². The molecular formula is C24H23NO4S. The van der Waals surface area contributed by atoms with Crippen LogP contribution in [0.5, 0.6) is 5.75 Å². The SMILES string of the molecule is Cc1ccc(S(=O)(=O)c2cc(NC(=O)C=Cc3ccccc3)c(C)c(C)c2O)cc1. The number of rotatable bonds is 5. The second-order valence-electron chi connectivity index (χ2n) is 7.07. The van der Waals surface area contributed by atoms with Gasteiger partial charge in [-0.15, -0.1) is 0 Å². The third kappa shape index (κ3) is 4.44. The van der Waals surface area contributed by atoms with Crippen molar-refractivity contribution in [2.45, 2.75) is 30.6 Å². The molecule has 0 bridgehead atoms. The van der Waals surface area contributed by atoms with E-state index in [-0.39, 0.29) is 15.5 Å². The Morgan fingerprint density at radius 2 is 1.57 bits per heavy atom. The Labute approximate surface area is 176 Å². The van der Waals surface area contributed by atoms with E-state index in [1.807, 2.05) is 37.3 Å². The molecule has 0 aliphatic heterocycles. The number of carbonyl (C=O) groups is 1. The highest BCUT2D eigenvalue weighted by Gasteiger charge is 2.25. The van der Waals surface area contributed by atoms with Gasteiger partial charge in [-0.05, 0) is 61.7 Å². The van der Waals surface area contributed by atoms with Gasteiger partial charge >= 0.3 is 0 Å². The van der Waals surface area contributed by atoms with E-state index in [1.165, 1.54) is 24.3 Å². The number of anilines is 1. The molecule has 3 aromatic rings. The topological polar surface area (TPSA) is 83.5 Å². The molecule has 0 radical (unpaired) electrons. The van der Waals surface area contributed by atoms with Crippen molar-refractivity contribution in [3.8, 4) is 5.75 Å². The van der Waals surface area contributed by atoms with E-state index >= 15 is 0 Å². The monoisotopic (exact) mass is 421 g/mol. The zero-order chi connectivity index (χ0) is 21.9. The van der Waals surface area contributed by atoms with Crippen LogP contribution in [-0.2, 0) is 14.6 Å². The van der Waals surface area contributed by atoms with Crippen molar-refractivity contribution in [1.82, 2.24) is 0 Å². The summed E-state index contributed by atoms with van der Waals surface area (Å²) >= 11 is 0. The number of phenols is 1. The van der Waals surface area contributed by atoms with Crippen molar-refractivity contribution in [3.05, 3.63) is 89.0 Å². The van der Waals surface area contributed by atoms with Gasteiger partial charge in [-0.25, -0.2) is 8.42 Å². The minimum Gasteiger partial charge on any atom is -0.506 e. The van der Waals surface area contributed by atoms with Crippen LogP contribution in [0.3, 0.4) is 0 Å². The van der Waals surface area contributed by atoms with Crippen LogP contribution in [0.2, 0.25) is 0 Å². The minimum absolute atomic E-state index is 0.0768. The van der Waals surface area contributed by atoms with E-state index in [2.05, 4.69) is 5.32 Å². The smallest absolute Gasteiger partial charge is 0.248 e. The summed E-state index contributed by atoms with van der Waals surface area (Å²) in [6.45, 7) is 5.20. The molecule has 0 aliphatic rings. The van der Waals surface area contributed by atoms with Gasteiger partial charge in [0.05, 0.1) is 4.90 Å². The summed E-state index contributed by atoms with van der Waals surface area (Å²) in [7, 11) is -3.96. The Morgan fingerprint density at radius 3 is 2.20 bits per heavy atom. The third-order valence-electron chi connectivity index (χ3n) is 4.94. The van der Waals surface area contributed by atoms with Crippen molar-refractivity contribution in [3.63, 3.8) is 0 Å². The molecule has 0 aliphatic carbocycles. The second-order valence-corrected chi connectivity index (χ2v) is 8.99. The van der Waals surface area contributed by atoms with Gasteiger partial charge in [-0.2, -0.15) is 0 Å². The van der Waals surface area contributed by atoms with E-state index in [9.17, 15) is 18.3 Å². The van der Waals surface area contributed by atoms with Crippen molar-refractivity contribution >= 4 is 27.5 Å². The number of aromatic hydroxyl groups is 1. The average molecular weight is 422 g/mol. The van der Waals surface area contributed by atoms with Crippen molar-refractivity contribution in [2.75, 3.05) is 5.32 Å². The number of sulfone groups is 1. The van der Waals surface area contributed by atoms with Gasteiger partial charge < -0.3 is 10.4 Å². The maximum absolute atomic E-state index is 13.1. The highest BCUT2D eigenvalue weighted by Crippen LogP contribution is 2.37. The summed E-state index contributed by atoms with van der Waals surface area (Å²) in [5.41, 5.74) is 3.12. The lowest BCUT2D eigenvalue weighted by molar-refractivity contribution is -0.111. The quantitative estimate of drug-likeness (QED) is 0.458. The predicted molar refractivity (Wildman–Crippen MR) is 118 cm³/mol. The molecule has 2 N–H and O–H groups in total. The molecule has 30 heavy (non-hydrogen) atoms. The third-order valence-corrected chi connectivity index (χ3v) is 6.72. The van der Waals surface area contributed by atoms with Gasteiger partial charge in [0, 0.05) is 11.8 Å². The van der Waals surface area contributed by atoms with E-state index in [1.54, 1.807) is 32.1 Å². The van der Waals surface area contributed by atoms with E-state index in [0.717, 1.165) is 11.1 Å². The number of phenolic OH excluding ortho intramolecular Hbond substituents is 1. The van der Waals surface area contributed by atoms with Crippen molar-refractivity contribution in [1.29, 1.82) is 0 Å². The zero-order valence-electron chi connectivity index (χ0n) is 17.0. The van der Waals surface area contributed by atoms with Crippen LogP contribution in [0.4, 0.5) is 5.69 Å². The second kappa shape index (κ2) is 8.55. The van der Waals surface area contributed by atoms with Gasteiger partial charge in [-0.1, -0.05) is 48.0 Å². The molecule has 0 atom stereocenters. The molecule has 0 unspecified atom stereocenters. The van der Waals surface area contributed by atoms with E-state index in [4.69, 9.17) is 0 Å². The Bertz CT molecular complexity index is 1210. The number of hydrogen-bond donors (Lipinski definition) is 2. The Balaban J connectivity index is 1.97. The number of hydrogen-bond acceptors (Lipinski definition) is 4. The first-order chi connectivity index (χ1) is 14.2. The van der Waals surface area contributed by atoms with Gasteiger partial charge in [0.15, 0.2) is 0 Å². The van der Waals surface area contributed by atoms with Crippen LogP contribution in [0, 0.1) is 20.8 Å². The predicted octanol–water partition coefficient (Wildman–Crippen LogP) is 4.80. The largest absolute Gasteiger partial charge is 0.506 e. The standard InChI is InChI=1S/C24H23NO4S/c1-16-9-12-20(13-10-16)30(28,29)22-15-21(17(2)18(3)24(22)27)25-23(26)14-11-19-7-5-4-6-8-19/h4-15,27H,1-3H3,(H,25,26). The number of aryl methyl sites for hydroxylation is 1. The average Bonchev–Trinajstić information content (AvgIpc) is 2.73. The molecule has 0 spiro atoms. The molecule has 6 heteroatoms. The molecule has 1 amide bonds. The molecule has 5 nitrogen and oxygen atoms in total. The lowest BCUT2D eigenvalue weighted by atomic mass is 10.1. The molecule has 0 fully saturated rings. The molecule has 0 saturated carbocycles. The molecule has 3 aromatic carbocycles. The maximum Gasteiger partial charge on any atom is 0.248 e. The molecule has 0 heterocycles. The van der Waals surface area contributed by atoms with Crippen LogP contribution in [0.15, 0.2) is 76.5 Å². The minimum atomic E-state index is -3.96. The van der Waals surface area contributed by atoms with Crippen LogP contribution >= 0.6 is 0 Å². The first kappa shape index (κ1) is 21.3. The first-order valence-corrected chi connectivity index (χ1v) is 10.9. The van der Waals surface area contributed by atoms with Crippen molar-refractivity contribution < 1.29 is 18.3 Å². The molecule has 3 rings (SSSR count). The molecular weight excluding hydrogens is 398 g/mol. The normalized spacial score (nSPS) is 11.6. The maximum atomic E-state index is 13.1. The molecule has 0 saturated heterocycles. The fourth-order valence-corrected chi connectivity index (χ4v) is 4.39. The number of benzene rings is 3. The number of carbonyl (C=O) groups excluding carboxylic acids is 1. The Morgan fingerprint density at radius 1 is 0.933 bits per heavy atom. The van der Waals surface area contributed by atoms with Gasteiger partial charge in [0.25, 0.3) is 0 Å². The highest BCUT2D eigenvalue weighted by molar-refractivity contribution is 7.91. The Kier molecular flexibility index (Phi) is 6.08. The van der Waals surface area contributed by atoms with Gasteiger partial charge in [0.1, 0.15) is 10.6 Å². The molecule has 0 aromatic heterocycles. The first-order valence-electron chi connectivity index (χ1n) is 9.39. The summed E-state index contributed by atoms with van der Waals surface area (Å²) < 4.78 is 26.2. The summed E-state index contributed by atoms with van der Waals surface area (Å²) in [5.74, 6) is -0.711. The number of nitrogens with one attached hydrogen (secondary N) is 1. The zero-order valence-corrected chi connectivity index (χ0v) is 17.8.